The number of esters is 1. The van der Waals surface area contributed by atoms with Gasteiger partial charge in [0.25, 0.3) is 0 Å². The molecule has 0 fully saturated rings. The molecule has 138 valence electrons. The van der Waals surface area contributed by atoms with Crippen LogP contribution in [0, 0.1) is 13.8 Å². The SMILES string of the molecule is CCCOC(=O)c1cc(NC(=O)CSc2nc(C)cc(C)n2)ccc1Cl. The number of thioether (sulfide) groups is 1. The van der Waals surface area contributed by atoms with E-state index in [0.717, 1.165) is 17.8 Å². The summed E-state index contributed by atoms with van der Waals surface area (Å²) in [6.45, 7) is 5.98. The molecule has 0 aliphatic heterocycles. The highest BCUT2D eigenvalue weighted by atomic mass is 35.5. The average molecular weight is 394 g/mol. The van der Waals surface area contributed by atoms with Crippen LogP contribution in [0.5, 0.6) is 0 Å². The first kappa shape index (κ1) is 20.2. The quantitative estimate of drug-likeness (QED) is 0.434. The molecule has 0 unspecified atom stereocenters. The van der Waals surface area contributed by atoms with Crippen molar-refractivity contribution in [2.75, 3.05) is 17.7 Å². The van der Waals surface area contributed by atoms with Gasteiger partial charge in [-0.15, -0.1) is 0 Å². The first-order valence-corrected chi connectivity index (χ1v) is 9.47. The van der Waals surface area contributed by atoms with Gasteiger partial charge >= 0.3 is 5.97 Å². The number of ether oxygens (including phenoxy) is 1. The molecule has 2 aromatic rings. The summed E-state index contributed by atoms with van der Waals surface area (Å²) in [6, 6.07) is 6.57. The van der Waals surface area contributed by atoms with E-state index in [0.29, 0.717) is 17.5 Å². The van der Waals surface area contributed by atoms with Gasteiger partial charge in [-0.3, -0.25) is 4.79 Å². The lowest BCUT2D eigenvalue weighted by atomic mass is 10.2. The maximum Gasteiger partial charge on any atom is 0.339 e. The zero-order chi connectivity index (χ0) is 19.1. The van der Waals surface area contributed by atoms with Crippen LogP contribution in [0.15, 0.2) is 29.4 Å². The van der Waals surface area contributed by atoms with Crippen molar-refractivity contribution in [3.05, 3.63) is 46.2 Å². The number of carbonyl (C=O) groups excluding carboxylic acids is 2. The summed E-state index contributed by atoms with van der Waals surface area (Å²) in [5.74, 6) is -0.583. The van der Waals surface area contributed by atoms with Crippen LogP contribution in [0.2, 0.25) is 5.02 Å². The fourth-order valence-corrected chi connectivity index (χ4v) is 3.06. The summed E-state index contributed by atoms with van der Waals surface area (Å²) in [5.41, 5.74) is 2.41. The molecule has 1 heterocycles. The summed E-state index contributed by atoms with van der Waals surface area (Å²) in [6.07, 6.45) is 0.720. The Hall–Kier alpha value is -2.12. The molecule has 1 aromatic heterocycles. The lowest BCUT2D eigenvalue weighted by Crippen LogP contribution is -2.15. The minimum Gasteiger partial charge on any atom is -0.462 e. The third-order valence-electron chi connectivity index (χ3n) is 3.20. The minimum atomic E-state index is -0.508. The first-order valence-electron chi connectivity index (χ1n) is 8.10. The second-order valence-electron chi connectivity index (χ2n) is 5.60. The van der Waals surface area contributed by atoms with Crippen molar-refractivity contribution in [2.45, 2.75) is 32.3 Å². The highest BCUT2D eigenvalue weighted by Crippen LogP contribution is 2.22. The van der Waals surface area contributed by atoms with Gasteiger partial charge in [-0.1, -0.05) is 30.3 Å². The number of aromatic nitrogens is 2. The normalized spacial score (nSPS) is 10.5. The Morgan fingerprint density at radius 3 is 2.54 bits per heavy atom. The molecule has 2 rings (SSSR count). The van der Waals surface area contributed by atoms with Gasteiger partial charge in [-0.05, 0) is 44.5 Å². The van der Waals surface area contributed by atoms with E-state index >= 15 is 0 Å². The van der Waals surface area contributed by atoms with Gasteiger partial charge in [-0.2, -0.15) is 0 Å². The van der Waals surface area contributed by atoms with Crippen molar-refractivity contribution in [2.24, 2.45) is 0 Å². The molecule has 1 amide bonds. The van der Waals surface area contributed by atoms with Gasteiger partial charge in [-0.25, -0.2) is 14.8 Å². The van der Waals surface area contributed by atoms with Crippen LogP contribution in [0.4, 0.5) is 5.69 Å². The minimum absolute atomic E-state index is 0.154. The second-order valence-corrected chi connectivity index (χ2v) is 6.95. The number of hydrogen-bond acceptors (Lipinski definition) is 6. The number of hydrogen-bond donors (Lipinski definition) is 1. The van der Waals surface area contributed by atoms with Crippen LogP contribution in [0.3, 0.4) is 0 Å². The molecule has 0 atom stereocenters. The molecular weight excluding hydrogens is 374 g/mol. The molecule has 0 saturated carbocycles. The molecule has 0 saturated heterocycles. The standard InChI is InChI=1S/C18H20ClN3O3S/c1-4-7-25-17(24)14-9-13(5-6-15(14)19)22-16(23)10-26-18-20-11(2)8-12(3)21-18/h5-6,8-9H,4,7,10H2,1-3H3,(H,22,23). The van der Waals surface area contributed by atoms with E-state index in [-0.39, 0.29) is 22.2 Å². The van der Waals surface area contributed by atoms with E-state index in [1.54, 1.807) is 12.1 Å². The number of amides is 1. The fraction of sp³-hybridized carbons (Fsp3) is 0.333. The van der Waals surface area contributed by atoms with E-state index < -0.39 is 5.97 Å². The molecule has 0 bridgehead atoms. The number of rotatable bonds is 7. The Labute approximate surface area is 161 Å². The van der Waals surface area contributed by atoms with Gasteiger partial charge in [0.1, 0.15) is 0 Å². The average Bonchev–Trinajstić information content (AvgIpc) is 2.58. The van der Waals surface area contributed by atoms with Crippen LogP contribution >= 0.6 is 23.4 Å². The summed E-state index contributed by atoms with van der Waals surface area (Å²) < 4.78 is 5.09. The maximum atomic E-state index is 12.2. The maximum absolute atomic E-state index is 12.2. The lowest BCUT2D eigenvalue weighted by molar-refractivity contribution is -0.113. The summed E-state index contributed by atoms with van der Waals surface area (Å²) in [7, 11) is 0. The van der Waals surface area contributed by atoms with Crippen molar-refractivity contribution < 1.29 is 14.3 Å². The molecule has 1 aromatic carbocycles. The van der Waals surface area contributed by atoms with Gasteiger partial charge < -0.3 is 10.1 Å². The number of benzene rings is 1. The van der Waals surface area contributed by atoms with Crippen LogP contribution in [0.1, 0.15) is 35.1 Å². The van der Waals surface area contributed by atoms with Crippen molar-refractivity contribution in [1.29, 1.82) is 0 Å². The van der Waals surface area contributed by atoms with Crippen LogP contribution in [0.25, 0.3) is 0 Å². The van der Waals surface area contributed by atoms with Crippen LogP contribution < -0.4 is 5.32 Å². The Morgan fingerprint density at radius 2 is 1.88 bits per heavy atom. The zero-order valence-electron chi connectivity index (χ0n) is 14.8. The van der Waals surface area contributed by atoms with E-state index in [4.69, 9.17) is 16.3 Å². The molecular formula is C18H20ClN3O3S. The van der Waals surface area contributed by atoms with Crippen LogP contribution in [-0.4, -0.2) is 34.2 Å². The Morgan fingerprint density at radius 1 is 1.19 bits per heavy atom. The molecule has 0 radical (unpaired) electrons. The predicted molar refractivity (Wildman–Crippen MR) is 103 cm³/mol. The highest BCUT2D eigenvalue weighted by molar-refractivity contribution is 7.99. The molecule has 8 heteroatoms. The lowest BCUT2D eigenvalue weighted by Gasteiger charge is -2.09. The van der Waals surface area contributed by atoms with E-state index in [2.05, 4.69) is 15.3 Å². The van der Waals surface area contributed by atoms with E-state index in [1.165, 1.54) is 17.8 Å². The number of carbonyl (C=O) groups is 2. The predicted octanol–water partition coefficient (Wildman–Crippen LogP) is 4.04. The third kappa shape index (κ3) is 6.00. The van der Waals surface area contributed by atoms with Gasteiger partial charge in [0.2, 0.25) is 5.91 Å². The summed E-state index contributed by atoms with van der Waals surface area (Å²) in [4.78, 5) is 32.7. The number of anilines is 1. The molecule has 0 aliphatic rings. The molecule has 0 aliphatic carbocycles. The van der Waals surface area contributed by atoms with Crippen LogP contribution in [-0.2, 0) is 9.53 Å². The van der Waals surface area contributed by atoms with E-state index in [9.17, 15) is 9.59 Å². The molecule has 0 spiro atoms. The van der Waals surface area contributed by atoms with Gasteiger partial charge in [0.05, 0.1) is 22.9 Å². The zero-order valence-corrected chi connectivity index (χ0v) is 16.4. The monoisotopic (exact) mass is 393 g/mol. The number of aryl methyl sites for hydroxylation is 2. The Bertz CT molecular complexity index is 794. The van der Waals surface area contributed by atoms with Crippen molar-refractivity contribution in [1.82, 2.24) is 9.97 Å². The Kier molecular flexibility index (Phi) is 7.41. The summed E-state index contributed by atoms with van der Waals surface area (Å²) in [5, 5.41) is 3.57. The number of halogens is 1. The third-order valence-corrected chi connectivity index (χ3v) is 4.38. The Balaban J connectivity index is 1.99. The van der Waals surface area contributed by atoms with Crippen molar-refractivity contribution >= 4 is 40.9 Å². The smallest absolute Gasteiger partial charge is 0.339 e. The summed E-state index contributed by atoms with van der Waals surface area (Å²) >= 11 is 7.29. The molecule has 6 nitrogen and oxygen atoms in total. The van der Waals surface area contributed by atoms with Gasteiger partial charge in [0.15, 0.2) is 5.16 Å². The highest BCUT2D eigenvalue weighted by Gasteiger charge is 2.14. The first-order chi connectivity index (χ1) is 12.4. The van der Waals surface area contributed by atoms with Gasteiger partial charge in [0, 0.05) is 17.1 Å². The van der Waals surface area contributed by atoms with Crippen molar-refractivity contribution in [3.8, 4) is 0 Å². The largest absolute Gasteiger partial charge is 0.462 e. The number of nitrogens with zero attached hydrogens (tertiary/aromatic N) is 2. The van der Waals surface area contributed by atoms with E-state index in [1.807, 2.05) is 26.8 Å². The molecule has 1 N–H and O–H groups in total. The molecule has 26 heavy (non-hydrogen) atoms. The topological polar surface area (TPSA) is 81.2 Å². The second kappa shape index (κ2) is 9.54. The number of nitrogens with one attached hydrogen (secondary N) is 1. The van der Waals surface area contributed by atoms with Crippen molar-refractivity contribution in [3.63, 3.8) is 0 Å². The fourth-order valence-electron chi connectivity index (χ4n) is 2.12.